The van der Waals surface area contributed by atoms with E-state index in [-0.39, 0.29) is 12.4 Å². The molecule has 5 heteroatoms. The van der Waals surface area contributed by atoms with E-state index >= 15 is 0 Å². The molecule has 0 saturated carbocycles. The van der Waals surface area contributed by atoms with Crippen molar-refractivity contribution in [2.75, 3.05) is 0 Å². The molecule has 2 aromatic rings. The van der Waals surface area contributed by atoms with E-state index in [2.05, 4.69) is 0 Å². The molecule has 90 valence electrons. The van der Waals surface area contributed by atoms with Gasteiger partial charge in [-0.15, -0.1) is 0 Å². The van der Waals surface area contributed by atoms with Crippen molar-refractivity contribution in [2.24, 2.45) is 0 Å². The van der Waals surface area contributed by atoms with Gasteiger partial charge in [0, 0.05) is 12.1 Å². The summed E-state index contributed by atoms with van der Waals surface area (Å²) in [7, 11) is 0. The van der Waals surface area contributed by atoms with Gasteiger partial charge in [0.1, 0.15) is 11.5 Å². The van der Waals surface area contributed by atoms with Crippen LogP contribution in [0.15, 0.2) is 54.6 Å². The van der Waals surface area contributed by atoms with Gasteiger partial charge >= 0.3 is 0 Å². The quantitative estimate of drug-likeness (QED) is 0.601. The second kappa shape index (κ2) is 6.22. The van der Waals surface area contributed by atoms with Crippen LogP contribution in [0.4, 0.5) is 5.69 Å². The van der Waals surface area contributed by atoms with Gasteiger partial charge in [0.2, 0.25) is 0 Å². The van der Waals surface area contributed by atoms with E-state index in [1.165, 1.54) is 0 Å². The van der Waals surface area contributed by atoms with Crippen molar-refractivity contribution in [3.05, 3.63) is 54.6 Å². The van der Waals surface area contributed by atoms with Crippen LogP contribution in [0.25, 0.3) is 0 Å². The van der Waals surface area contributed by atoms with Gasteiger partial charge in [0.25, 0.3) is 0 Å². The number of nitrogens with one attached hydrogen (secondary N) is 1. The molecule has 0 atom stereocenters. The first-order valence-corrected chi connectivity index (χ1v) is 4.84. The van der Waals surface area contributed by atoms with Crippen molar-refractivity contribution in [3.8, 4) is 11.5 Å². The molecule has 2 rings (SSSR count). The van der Waals surface area contributed by atoms with Gasteiger partial charge in [-0.05, 0) is 29.5 Å². The summed E-state index contributed by atoms with van der Waals surface area (Å²) in [4.78, 5) is 0. The molecule has 0 amide bonds. The molecule has 0 spiro atoms. The molecule has 0 radical (unpaired) electrons. The van der Waals surface area contributed by atoms with Gasteiger partial charge in [0.15, 0.2) is 5.69 Å². The second-order valence-corrected chi connectivity index (χ2v) is 3.26. The van der Waals surface area contributed by atoms with Crippen molar-refractivity contribution in [2.45, 2.75) is 0 Å². The van der Waals surface area contributed by atoms with Crippen LogP contribution in [0.2, 0.25) is 0 Å². The molecule has 3 N–H and O–H groups in total. The third-order valence-electron chi connectivity index (χ3n) is 2.09. The largest absolute Gasteiger partial charge is 1.00 e. The fourth-order valence-corrected chi connectivity index (χ4v) is 1.30. The lowest BCUT2D eigenvalue weighted by molar-refractivity contribution is -1.19. The van der Waals surface area contributed by atoms with Gasteiger partial charge < -0.3 is 17.1 Å². The van der Waals surface area contributed by atoms with Gasteiger partial charge in [-0.3, -0.25) is 0 Å². The van der Waals surface area contributed by atoms with Crippen molar-refractivity contribution in [1.82, 2.24) is 0 Å². The van der Waals surface area contributed by atoms with Crippen LogP contribution in [-0.4, -0.2) is 10.4 Å². The lowest BCUT2D eigenvalue weighted by Gasteiger charge is -2.05. The van der Waals surface area contributed by atoms with E-state index in [0.717, 1.165) is 5.75 Å². The number of para-hydroxylation sites is 1. The Morgan fingerprint density at radius 2 is 1.29 bits per heavy atom. The number of halogens is 1. The number of hydrogen-bond acceptors (Lipinski definition) is 3. The summed E-state index contributed by atoms with van der Waals surface area (Å²) < 4.78 is 5.54. The molecule has 0 saturated heterocycles. The Bertz CT molecular complexity index is 445. The predicted octanol–water partition coefficient (Wildman–Crippen LogP) is -1.22. The summed E-state index contributed by atoms with van der Waals surface area (Å²) in [5.41, 5.74) is 0.361. The zero-order chi connectivity index (χ0) is 11.4. The molecule has 0 aliphatic carbocycles. The highest BCUT2D eigenvalue weighted by molar-refractivity contribution is 5.37. The third-order valence-corrected chi connectivity index (χ3v) is 2.09. The van der Waals surface area contributed by atoms with E-state index in [4.69, 9.17) is 15.2 Å². The highest BCUT2D eigenvalue weighted by Gasteiger charge is 2.05. The normalized spacial score (nSPS) is 9.82. The first-order chi connectivity index (χ1) is 7.75. The minimum absolute atomic E-state index is 0. The highest BCUT2D eigenvalue weighted by Crippen LogP contribution is 2.21. The Balaban J connectivity index is 0.00000144. The fraction of sp³-hybridized carbons (Fsp3) is 0. The van der Waals surface area contributed by atoms with Crippen LogP contribution in [0.3, 0.4) is 0 Å². The molecule has 0 heterocycles. The first-order valence-electron chi connectivity index (χ1n) is 4.84. The van der Waals surface area contributed by atoms with Crippen LogP contribution >= 0.6 is 0 Å². The van der Waals surface area contributed by atoms with Crippen molar-refractivity contribution >= 4 is 5.69 Å². The average molecular weight is 254 g/mol. The third kappa shape index (κ3) is 3.72. The lowest BCUT2D eigenvalue weighted by atomic mass is 10.3. The molecule has 0 bridgehead atoms. The molecular formula is C12H12ClNO3. The minimum atomic E-state index is -0.689. The lowest BCUT2D eigenvalue weighted by Crippen LogP contribution is -3.01. The maximum atomic E-state index is 8.84. The van der Waals surface area contributed by atoms with E-state index in [1.807, 2.05) is 30.3 Å². The smallest absolute Gasteiger partial charge is 0.197 e. The van der Waals surface area contributed by atoms with Gasteiger partial charge in [-0.1, -0.05) is 18.2 Å². The highest BCUT2D eigenvalue weighted by atomic mass is 35.5. The number of rotatable bonds is 3. The Kier molecular flexibility index (Phi) is 4.93. The number of benzene rings is 2. The standard InChI is InChI=1S/C12H11NO3.ClH/c14-13(15)10-6-8-12(9-7-10)16-11-4-2-1-3-5-11;/h1-9,14-15H;1H. The molecule has 0 unspecified atom stereocenters. The Morgan fingerprint density at radius 3 is 1.82 bits per heavy atom. The van der Waals surface area contributed by atoms with Crippen LogP contribution in [0.1, 0.15) is 0 Å². The first kappa shape index (κ1) is 13.5. The molecule has 0 aliphatic rings. The summed E-state index contributed by atoms with van der Waals surface area (Å²) in [6.07, 6.45) is 0. The van der Waals surface area contributed by atoms with Crippen LogP contribution < -0.4 is 22.4 Å². The number of hydrogen-bond donors (Lipinski definition) is 3. The molecule has 0 aliphatic heterocycles. The van der Waals surface area contributed by atoms with Crippen LogP contribution in [0, 0.1) is 0 Å². The van der Waals surface area contributed by atoms with E-state index in [1.54, 1.807) is 24.3 Å². The monoisotopic (exact) mass is 253 g/mol. The zero-order valence-corrected chi connectivity index (χ0v) is 9.63. The van der Waals surface area contributed by atoms with Crippen LogP contribution in [-0.2, 0) is 0 Å². The van der Waals surface area contributed by atoms with E-state index in [0.29, 0.717) is 11.4 Å². The second-order valence-electron chi connectivity index (χ2n) is 3.26. The zero-order valence-electron chi connectivity index (χ0n) is 8.88. The number of quaternary nitrogens is 1. The molecule has 0 aromatic heterocycles. The maximum Gasteiger partial charge on any atom is 0.197 e. The van der Waals surface area contributed by atoms with E-state index in [9.17, 15) is 0 Å². The average Bonchev–Trinajstić information content (AvgIpc) is 2.31. The Morgan fingerprint density at radius 1 is 0.765 bits per heavy atom. The van der Waals surface area contributed by atoms with Crippen molar-refractivity contribution < 1.29 is 32.8 Å². The molecule has 2 aromatic carbocycles. The molecule has 17 heavy (non-hydrogen) atoms. The van der Waals surface area contributed by atoms with Gasteiger partial charge in [0.05, 0.1) is 0 Å². The number of ether oxygens (including phenoxy) is 1. The summed E-state index contributed by atoms with van der Waals surface area (Å²) in [6.45, 7) is 0. The Labute approximate surface area is 105 Å². The summed E-state index contributed by atoms with van der Waals surface area (Å²) in [5.74, 6) is 1.39. The minimum Gasteiger partial charge on any atom is -1.00 e. The molecule has 0 fully saturated rings. The summed E-state index contributed by atoms with van der Waals surface area (Å²) >= 11 is 0. The predicted molar refractivity (Wildman–Crippen MR) is 57.2 cm³/mol. The van der Waals surface area contributed by atoms with Crippen molar-refractivity contribution in [3.63, 3.8) is 0 Å². The summed E-state index contributed by atoms with van der Waals surface area (Å²) in [5, 5.41) is 17.0. The van der Waals surface area contributed by atoms with E-state index < -0.39 is 5.23 Å². The summed E-state index contributed by atoms with van der Waals surface area (Å²) in [6, 6.07) is 15.9. The maximum absolute atomic E-state index is 8.84. The fourth-order valence-electron chi connectivity index (χ4n) is 1.30. The topological polar surface area (TPSA) is 54.1 Å². The Hall–Kier alpha value is -1.59. The molecular weight excluding hydrogens is 242 g/mol. The molecule has 4 nitrogen and oxygen atoms in total. The van der Waals surface area contributed by atoms with Gasteiger partial charge in [-0.25, -0.2) is 0 Å². The van der Waals surface area contributed by atoms with Crippen molar-refractivity contribution in [1.29, 1.82) is 0 Å². The van der Waals surface area contributed by atoms with Crippen LogP contribution in [0.5, 0.6) is 11.5 Å². The SMILES string of the molecule is O[NH+](O)c1ccc(Oc2ccccc2)cc1.[Cl-]. The van der Waals surface area contributed by atoms with Gasteiger partial charge in [-0.2, -0.15) is 10.4 Å².